The van der Waals surface area contributed by atoms with Crippen molar-refractivity contribution < 1.29 is 36.3 Å². The van der Waals surface area contributed by atoms with Gasteiger partial charge in [-0.3, -0.25) is 14.4 Å². The third-order valence-electron chi connectivity index (χ3n) is 8.87. The lowest BCUT2D eigenvalue weighted by atomic mass is 9.59. The molecule has 1 fully saturated rings. The molecule has 1 saturated heterocycles. The molecule has 0 saturated carbocycles. The van der Waals surface area contributed by atoms with E-state index in [1.165, 1.54) is 42.5 Å². The van der Waals surface area contributed by atoms with E-state index in [0.29, 0.717) is 5.56 Å². The molecule has 3 aromatic carbocycles. The van der Waals surface area contributed by atoms with Gasteiger partial charge in [0, 0.05) is 28.6 Å². The van der Waals surface area contributed by atoms with Crippen molar-refractivity contribution in [2.24, 2.45) is 0 Å². The zero-order valence-corrected chi connectivity index (χ0v) is 27.6. The molecular weight excluding hydrogens is 663 g/mol. The van der Waals surface area contributed by atoms with Crippen molar-refractivity contribution in [1.82, 2.24) is 10.0 Å². The van der Waals surface area contributed by atoms with Crippen molar-refractivity contribution in [3.8, 4) is 5.75 Å². The molecule has 2 heterocycles. The molecule has 3 amide bonds. The zero-order chi connectivity index (χ0) is 33.8. The summed E-state index contributed by atoms with van der Waals surface area (Å²) in [6.45, 7) is 4.98. The highest BCUT2D eigenvalue weighted by Crippen LogP contribution is 2.59. The summed E-state index contributed by atoms with van der Waals surface area (Å²) in [4.78, 5) is 41.3. The fraction of sp³-hybridized carbons (Fsp3) is 0.344. The molecule has 1 unspecified atom stereocenters. The minimum atomic E-state index is -3.96. The Bertz CT molecular complexity index is 1890. The van der Waals surface area contributed by atoms with Crippen LogP contribution in [0.1, 0.15) is 67.3 Å². The molecule has 1 spiro atoms. The molecule has 14 heteroatoms. The summed E-state index contributed by atoms with van der Waals surface area (Å²) in [6, 6.07) is 9.58. The molecule has 2 aliphatic rings. The predicted octanol–water partition coefficient (Wildman–Crippen LogP) is 5.83. The number of nitrogens with one attached hydrogen (secondary N) is 3. The number of benzene rings is 3. The number of halogens is 4. The van der Waals surface area contributed by atoms with Gasteiger partial charge in [0.05, 0.1) is 17.3 Å². The maximum atomic E-state index is 15.2. The van der Waals surface area contributed by atoms with E-state index >= 15 is 4.39 Å². The van der Waals surface area contributed by atoms with Crippen molar-refractivity contribution >= 4 is 56.6 Å². The van der Waals surface area contributed by atoms with Crippen LogP contribution in [0, 0.1) is 18.6 Å². The predicted molar refractivity (Wildman–Crippen MR) is 169 cm³/mol. The lowest BCUT2D eigenvalue weighted by Crippen LogP contribution is -2.57. The maximum absolute atomic E-state index is 15.2. The number of piperidine rings is 1. The molecule has 244 valence electrons. The van der Waals surface area contributed by atoms with E-state index in [4.69, 9.17) is 27.9 Å². The van der Waals surface area contributed by atoms with Gasteiger partial charge in [-0.05, 0) is 78.9 Å². The number of hydrogen-bond acceptors (Lipinski definition) is 6. The number of anilines is 1. The molecule has 3 atom stereocenters. The smallest absolute Gasteiger partial charge is 0.277 e. The minimum Gasteiger partial charge on any atom is -0.477 e. The molecule has 0 aromatic heterocycles. The first-order chi connectivity index (χ1) is 21.6. The number of carbonyl (C=O) groups excluding carboxylic acids is 3. The highest BCUT2D eigenvalue weighted by atomic mass is 35.5. The van der Waals surface area contributed by atoms with Gasteiger partial charge >= 0.3 is 0 Å². The quantitative estimate of drug-likeness (QED) is 0.272. The number of ether oxygens (including phenoxy) is 1. The van der Waals surface area contributed by atoms with Gasteiger partial charge in [-0.15, -0.1) is 0 Å². The fourth-order valence-electron chi connectivity index (χ4n) is 6.57. The van der Waals surface area contributed by atoms with Crippen molar-refractivity contribution in [3.05, 3.63) is 92.5 Å². The second-order valence-electron chi connectivity index (χ2n) is 11.6. The van der Waals surface area contributed by atoms with Gasteiger partial charge in [-0.2, -0.15) is 0 Å². The van der Waals surface area contributed by atoms with Crippen LogP contribution in [0.4, 0.5) is 14.5 Å². The van der Waals surface area contributed by atoms with Crippen molar-refractivity contribution in [1.29, 1.82) is 0 Å². The van der Waals surface area contributed by atoms with Crippen LogP contribution in [0.2, 0.25) is 10.0 Å². The highest BCUT2D eigenvalue weighted by molar-refractivity contribution is 7.89. The van der Waals surface area contributed by atoms with Gasteiger partial charge in [-0.1, -0.05) is 43.1 Å². The van der Waals surface area contributed by atoms with Crippen LogP contribution in [0.5, 0.6) is 5.75 Å². The van der Waals surface area contributed by atoms with Gasteiger partial charge in [0.25, 0.3) is 5.91 Å². The van der Waals surface area contributed by atoms with Gasteiger partial charge in [-0.25, -0.2) is 21.9 Å². The number of amides is 3. The Hall–Kier alpha value is -3.74. The van der Waals surface area contributed by atoms with Crippen molar-refractivity contribution in [2.75, 3.05) is 11.6 Å². The largest absolute Gasteiger partial charge is 0.477 e. The SMILES string of the molecule is CCC(CC)(Oc1ccc(Cl)cc1[C@H]1CC(=O)N[C@@H](c2cc(F)ccc2C)C12C(=O)Nc1cc(Cl)c(F)cc12)C(=O)NS(C)(=O)=O. The van der Waals surface area contributed by atoms with E-state index in [1.807, 2.05) is 4.72 Å². The average molecular weight is 695 g/mol. The van der Waals surface area contributed by atoms with E-state index in [9.17, 15) is 27.2 Å². The Morgan fingerprint density at radius 1 is 1.07 bits per heavy atom. The normalized spacial score (nSPS) is 21.0. The van der Waals surface area contributed by atoms with E-state index in [-0.39, 0.29) is 57.4 Å². The summed E-state index contributed by atoms with van der Waals surface area (Å²) in [5.41, 5.74) is -2.07. The molecule has 5 rings (SSSR count). The first-order valence-electron chi connectivity index (χ1n) is 14.4. The minimum absolute atomic E-state index is 0.0428. The van der Waals surface area contributed by atoms with Gasteiger partial charge in [0.1, 0.15) is 22.8 Å². The Kier molecular flexibility index (Phi) is 8.86. The van der Waals surface area contributed by atoms with Gasteiger partial charge in [0.2, 0.25) is 21.8 Å². The van der Waals surface area contributed by atoms with E-state index < -0.39 is 62.4 Å². The molecule has 3 aromatic rings. The van der Waals surface area contributed by atoms with Crippen LogP contribution in [0.3, 0.4) is 0 Å². The first kappa shape index (κ1) is 33.6. The zero-order valence-electron chi connectivity index (χ0n) is 25.3. The summed E-state index contributed by atoms with van der Waals surface area (Å²) < 4.78 is 62.4. The Labute approximate surface area is 275 Å². The van der Waals surface area contributed by atoms with Gasteiger partial charge < -0.3 is 15.4 Å². The number of carbonyl (C=O) groups is 3. The molecule has 0 aliphatic carbocycles. The van der Waals surface area contributed by atoms with Crippen LogP contribution in [-0.2, 0) is 29.8 Å². The monoisotopic (exact) mass is 693 g/mol. The van der Waals surface area contributed by atoms with Crippen molar-refractivity contribution in [3.63, 3.8) is 0 Å². The van der Waals surface area contributed by atoms with Crippen LogP contribution in [0.15, 0.2) is 48.5 Å². The summed E-state index contributed by atoms with van der Waals surface area (Å²) in [7, 11) is -3.96. The van der Waals surface area contributed by atoms with Crippen molar-refractivity contribution in [2.45, 2.75) is 63.0 Å². The fourth-order valence-corrected chi connectivity index (χ4v) is 7.44. The Morgan fingerprint density at radius 2 is 1.76 bits per heavy atom. The molecule has 0 radical (unpaired) electrons. The average Bonchev–Trinajstić information content (AvgIpc) is 3.24. The standard InChI is InChI=1S/C32H31Cl2F2N3O6S/c1-5-31(6-2,29(41)39-46(4,43)44)45-26-10-8-17(33)11-20(26)21-14-27(40)38-28(19-12-18(35)9-7-16(19)3)32(21)22-13-24(36)23(34)15-25(22)37-30(32)42/h7-13,15,21,28H,5-6,14H2,1-4H3,(H,37,42)(H,38,40)(H,39,41)/t21-,28+,32?/m1/s1. The van der Waals surface area contributed by atoms with E-state index in [2.05, 4.69) is 10.6 Å². The van der Waals surface area contributed by atoms with Crippen LogP contribution < -0.4 is 20.1 Å². The van der Waals surface area contributed by atoms with Crippen LogP contribution in [-0.4, -0.2) is 38.0 Å². The summed E-state index contributed by atoms with van der Waals surface area (Å²) in [5.74, 6) is -4.55. The molecule has 46 heavy (non-hydrogen) atoms. The summed E-state index contributed by atoms with van der Waals surface area (Å²) in [5, 5.41) is 5.60. The summed E-state index contributed by atoms with van der Waals surface area (Å²) in [6.07, 6.45) is 0.608. The van der Waals surface area contributed by atoms with Crippen LogP contribution in [0.25, 0.3) is 0 Å². The molecular formula is C32H31Cl2F2N3O6S. The van der Waals surface area contributed by atoms with Gasteiger partial charge in [0.15, 0.2) is 5.60 Å². The van der Waals surface area contributed by atoms with Crippen LogP contribution >= 0.6 is 23.2 Å². The number of fused-ring (bicyclic) bond motifs is 2. The lowest BCUT2D eigenvalue weighted by molar-refractivity contribution is -0.136. The number of aryl methyl sites for hydroxylation is 1. The third-order valence-corrected chi connectivity index (χ3v) is 9.95. The summed E-state index contributed by atoms with van der Waals surface area (Å²) >= 11 is 12.6. The second-order valence-corrected chi connectivity index (χ2v) is 14.2. The second kappa shape index (κ2) is 12.1. The molecule has 0 bridgehead atoms. The molecule has 9 nitrogen and oxygen atoms in total. The van der Waals surface area contributed by atoms with E-state index in [1.54, 1.807) is 20.8 Å². The Balaban J connectivity index is 1.80. The molecule has 3 N–H and O–H groups in total. The lowest BCUT2D eigenvalue weighted by Gasteiger charge is -2.47. The number of rotatable bonds is 8. The number of sulfonamides is 1. The highest BCUT2D eigenvalue weighted by Gasteiger charge is 2.62. The maximum Gasteiger partial charge on any atom is 0.277 e. The molecule has 2 aliphatic heterocycles. The third kappa shape index (κ3) is 5.71. The Morgan fingerprint density at radius 3 is 2.41 bits per heavy atom. The first-order valence-corrected chi connectivity index (χ1v) is 17.1. The van der Waals surface area contributed by atoms with E-state index in [0.717, 1.165) is 12.3 Å². The number of hydrogen-bond donors (Lipinski definition) is 3. The topological polar surface area (TPSA) is 131 Å².